The van der Waals surface area contributed by atoms with Crippen LogP contribution in [0.4, 0.5) is 0 Å². The van der Waals surface area contributed by atoms with E-state index < -0.39 is 0 Å². The van der Waals surface area contributed by atoms with Crippen LogP contribution in [0.15, 0.2) is 59.9 Å². The third-order valence-electron chi connectivity index (χ3n) is 3.18. The number of hydrogen-bond acceptors (Lipinski definition) is 2. The molecule has 126 valence electrons. The zero-order chi connectivity index (χ0) is 15.5. The summed E-state index contributed by atoms with van der Waals surface area (Å²) in [6, 6.07) is 13.9. The molecule has 0 fully saturated rings. The molecule has 0 bridgehead atoms. The van der Waals surface area contributed by atoms with Gasteiger partial charge in [-0.3, -0.25) is 4.99 Å². The van der Waals surface area contributed by atoms with Crippen LogP contribution in [0, 0.1) is 0 Å². The summed E-state index contributed by atoms with van der Waals surface area (Å²) >= 11 is 0. The Morgan fingerprint density at radius 3 is 2.43 bits per heavy atom. The van der Waals surface area contributed by atoms with E-state index in [0.29, 0.717) is 6.61 Å². The van der Waals surface area contributed by atoms with E-state index in [2.05, 4.69) is 32.6 Å². The Hall–Kier alpha value is -1.70. The number of nitrogens with one attached hydrogen (secondary N) is 2. The van der Waals surface area contributed by atoms with Crippen molar-refractivity contribution < 1.29 is 4.74 Å². The van der Waals surface area contributed by atoms with Crippen molar-refractivity contribution in [3.8, 4) is 5.75 Å². The van der Waals surface area contributed by atoms with Crippen molar-refractivity contribution in [2.24, 2.45) is 4.99 Å². The highest BCUT2D eigenvalue weighted by molar-refractivity contribution is 14.0. The van der Waals surface area contributed by atoms with Gasteiger partial charge in [0, 0.05) is 39.1 Å². The molecule has 0 amide bonds. The van der Waals surface area contributed by atoms with Crippen LogP contribution in [0.2, 0.25) is 0 Å². The molecule has 0 aliphatic rings. The van der Waals surface area contributed by atoms with E-state index in [0.717, 1.165) is 37.8 Å². The van der Waals surface area contributed by atoms with E-state index in [1.54, 1.807) is 7.05 Å². The van der Waals surface area contributed by atoms with Gasteiger partial charge in [-0.05, 0) is 30.7 Å². The maximum Gasteiger partial charge on any atom is 0.191 e. The van der Waals surface area contributed by atoms with Crippen LogP contribution in [-0.4, -0.2) is 37.3 Å². The number of benzene rings is 1. The van der Waals surface area contributed by atoms with Crippen LogP contribution < -0.4 is 15.4 Å². The van der Waals surface area contributed by atoms with Crippen molar-refractivity contribution >= 4 is 29.9 Å². The number of halogens is 1. The van der Waals surface area contributed by atoms with Crippen molar-refractivity contribution in [1.82, 2.24) is 15.2 Å². The highest BCUT2D eigenvalue weighted by Crippen LogP contribution is 2.07. The van der Waals surface area contributed by atoms with Gasteiger partial charge in [0.2, 0.25) is 0 Å². The fourth-order valence-corrected chi connectivity index (χ4v) is 2.03. The van der Waals surface area contributed by atoms with Gasteiger partial charge in [0.1, 0.15) is 5.75 Å². The van der Waals surface area contributed by atoms with Crippen molar-refractivity contribution in [2.45, 2.75) is 13.0 Å². The smallest absolute Gasteiger partial charge is 0.191 e. The van der Waals surface area contributed by atoms with Crippen molar-refractivity contribution in [2.75, 3.05) is 26.7 Å². The molecule has 0 aliphatic carbocycles. The third-order valence-corrected chi connectivity index (χ3v) is 3.18. The Kier molecular flexibility index (Phi) is 9.94. The average molecular weight is 428 g/mol. The van der Waals surface area contributed by atoms with Gasteiger partial charge in [-0.2, -0.15) is 0 Å². The first-order valence-electron chi connectivity index (χ1n) is 7.61. The van der Waals surface area contributed by atoms with Gasteiger partial charge in [-0.25, -0.2) is 0 Å². The number of hydrogen-bond donors (Lipinski definition) is 2. The maximum absolute atomic E-state index is 5.65. The topological polar surface area (TPSA) is 50.6 Å². The summed E-state index contributed by atoms with van der Waals surface area (Å²) in [6.07, 6.45) is 5.03. The first kappa shape index (κ1) is 19.3. The number of ether oxygens (including phenoxy) is 1. The van der Waals surface area contributed by atoms with Gasteiger partial charge in [-0.15, -0.1) is 24.0 Å². The Morgan fingerprint density at radius 1 is 1.04 bits per heavy atom. The number of nitrogens with zero attached hydrogens (tertiary/aromatic N) is 2. The zero-order valence-electron chi connectivity index (χ0n) is 13.4. The Morgan fingerprint density at radius 2 is 1.74 bits per heavy atom. The molecule has 0 atom stereocenters. The lowest BCUT2D eigenvalue weighted by Crippen LogP contribution is -2.39. The predicted octanol–water partition coefficient (Wildman–Crippen LogP) is 2.74. The molecule has 1 aromatic carbocycles. The van der Waals surface area contributed by atoms with Crippen LogP contribution in [0.25, 0.3) is 0 Å². The molecule has 1 heterocycles. The quantitative estimate of drug-likeness (QED) is 0.294. The van der Waals surface area contributed by atoms with Gasteiger partial charge >= 0.3 is 0 Å². The summed E-state index contributed by atoms with van der Waals surface area (Å²) in [5.74, 6) is 1.74. The summed E-state index contributed by atoms with van der Waals surface area (Å²) in [7, 11) is 1.78. The molecule has 1 aromatic heterocycles. The second-order valence-corrected chi connectivity index (χ2v) is 4.86. The van der Waals surface area contributed by atoms with E-state index in [1.165, 1.54) is 0 Å². The van der Waals surface area contributed by atoms with Crippen molar-refractivity contribution in [3.05, 3.63) is 54.9 Å². The molecular weight excluding hydrogens is 403 g/mol. The predicted molar refractivity (Wildman–Crippen MR) is 106 cm³/mol. The number of para-hydroxylation sites is 1. The number of aromatic nitrogens is 1. The third kappa shape index (κ3) is 7.92. The molecule has 5 nitrogen and oxygen atoms in total. The Bertz CT molecular complexity index is 543. The summed E-state index contributed by atoms with van der Waals surface area (Å²) in [6.45, 7) is 3.28. The summed E-state index contributed by atoms with van der Waals surface area (Å²) in [5, 5.41) is 6.58. The van der Waals surface area contributed by atoms with Crippen molar-refractivity contribution in [1.29, 1.82) is 0 Å². The second kappa shape index (κ2) is 11.8. The molecule has 2 rings (SSSR count). The minimum absolute atomic E-state index is 0. The Balaban J connectivity index is 0.00000264. The first-order chi connectivity index (χ1) is 10.9. The standard InChI is InChI=1S/C17H24N4O.HI/c1-18-17(20-11-14-21-12-5-6-13-21)19-10-7-15-22-16-8-3-2-4-9-16;/h2-6,8-9,12-13H,7,10-11,14-15H2,1H3,(H2,18,19,20);1H. The molecule has 0 saturated carbocycles. The minimum Gasteiger partial charge on any atom is -0.494 e. The molecule has 23 heavy (non-hydrogen) atoms. The molecule has 0 spiro atoms. The maximum atomic E-state index is 5.65. The van der Waals surface area contributed by atoms with Gasteiger partial charge in [0.15, 0.2) is 5.96 Å². The largest absolute Gasteiger partial charge is 0.494 e. The van der Waals surface area contributed by atoms with Crippen LogP contribution in [0.1, 0.15) is 6.42 Å². The van der Waals surface area contributed by atoms with Crippen molar-refractivity contribution in [3.63, 3.8) is 0 Å². The highest BCUT2D eigenvalue weighted by atomic mass is 127. The molecule has 2 N–H and O–H groups in total. The molecule has 2 aromatic rings. The average Bonchev–Trinajstić information content (AvgIpc) is 3.07. The van der Waals surface area contributed by atoms with Crippen LogP contribution in [0.3, 0.4) is 0 Å². The molecule has 0 radical (unpaired) electrons. The summed E-state index contributed by atoms with van der Waals surface area (Å²) in [5.41, 5.74) is 0. The number of guanidine groups is 1. The van der Waals surface area contributed by atoms with E-state index in [-0.39, 0.29) is 24.0 Å². The fraction of sp³-hybridized carbons (Fsp3) is 0.353. The van der Waals surface area contributed by atoms with Gasteiger partial charge in [0.05, 0.1) is 6.61 Å². The summed E-state index contributed by atoms with van der Waals surface area (Å²) in [4.78, 5) is 4.21. The molecule has 0 aliphatic heterocycles. The normalized spacial score (nSPS) is 10.7. The van der Waals surface area contributed by atoms with E-state index in [4.69, 9.17) is 4.74 Å². The summed E-state index contributed by atoms with van der Waals surface area (Å²) < 4.78 is 7.78. The van der Waals surface area contributed by atoms with E-state index in [9.17, 15) is 0 Å². The lowest BCUT2D eigenvalue weighted by molar-refractivity contribution is 0.311. The lowest BCUT2D eigenvalue weighted by atomic mass is 10.3. The lowest BCUT2D eigenvalue weighted by Gasteiger charge is -2.12. The van der Waals surface area contributed by atoms with Crippen LogP contribution in [-0.2, 0) is 6.54 Å². The molecule has 6 heteroatoms. The SMILES string of the molecule is CN=C(NCCCOc1ccccc1)NCCn1cccc1.I. The fourth-order valence-electron chi connectivity index (χ4n) is 2.03. The highest BCUT2D eigenvalue weighted by Gasteiger charge is 1.97. The monoisotopic (exact) mass is 428 g/mol. The zero-order valence-corrected chi connectivity index (χ0v) is 15.8. The van der Waals surface area contributed by atoms with Gasteiger partial charge in [-0.1, -0.05) is 18.2 Å². The molecule has 0 unspecified atom stereocenters. The van der Waals surface area contributed by atoms with Crippen LogP contribution >= 0.6 is 24.0 Å². The van der Waals surface area contributed by atoms with Crippen LogP contribution in [0.5, 0.6) is 5.75 Å². The number of rotatable bonds is 8. The van der Waals surface area contributed by atoms with E-state index in [1.807, 2.05) is 42.5 Å². The van der Waals surface area contributed by atoms with E-state index >= 15 is 0 Å². The second-order valence-electron chi connectivity index (χ2n) is 4.86. The molecular formula is C17H25IN4O. The minimum atomic E-state index is 0. The Labute approximate surface area is 155 Å². The number of aliphatic imine (C=N–C) groups is 1. The molecule has 0 saturated heterocycles. The first-order valence-corrected chi connectivity index (χ1v) is 7.61. The van der Waals surface area contributed by atoms with Gasteiger partial charge < -0.3 is 19.9 Å². The van der Waals surface area contributed by atoms with Gasteiger partial charge in [0.25, 0.3) is 0 Å².